The number of hydrogen-bond acceptors (Lipinski definition) is 1. The molecule has 0 aliphatic carbocycles. The Morgan fingerprint density at radius 2 is 1.93 bits per heavy atom. The number of nitrogens with zero attached hydrogens (tertiary/aromatic N) is 1. The van der Waals surface area contributed by atoms with Gasteiger partial charge in [-0.3, -0.25) is 4.99 Å². The van der Waals surface area contributed by atoms with Gasteiger partial charge in [0.25, 0.3) is 0 Å². The molecule has 0 saturated carbocycles. The quantitative estimate of drug-likeness (QED) is 0.400. The fourth-order valence-corrected chi connectivity index (χ4v) is 1.27. The van der Waals surface area contributed by atoms with E-state index in [0.717, 1.165) is 14.8 Å². The van der Waals surface area contributed by atoms with Crippen LogP contribution in [0.4, 0.5) is 0 Å². The molecular weight excluding hydrogens is 297 g/mol. The molecular formula is C13H16IN. The van der Waals surface area contributed by atoms with E-state index in [-0.39, 0.29) is 0 Å². The molecule has 0 atom stereocenters. The zero-order valence-corrected chi connectivity index (χ0v) is 11.4. The molecule has 0 bridgehead atoms. The minimum absolute atomic E-state index is 0.874. The third kappa shape index (κ3) is 5.52. The standard InChI is InChI=1S/C13H16IN/c1-5-9-13(15-8-4)11(6-2)10-12(14)7-3/h5-10H,1-2H2,3-4H3/b11-10+,12-7+,13-9-,15-8?. The fourth-order valence-electron chi connectivity index (χ4n) is 0.934. The molecule has 0 N–H and O–H groups in total. The van der Waals surface area contributed by atoms with Gasteiger partial charge < -0.3 is 0 Å². The van der Waals surface area contributed by atoms with E-state index < -0.39 is 0 Å². The third-order valence-corrected chi connectivity index (χ3v) is 2.56. The Morgan fingerprint density at radius 3 is 2.33 bits per heavy atom. The lowest BCUT2D eigenvalue weighted by atomic mass is 10.1. The molecule has 0 aromatic rings. The molecule has 1 nitrogen and oxygen atoms in total. The Hall–Kier alpha value is -0.900. The zero-order valence-electron chi connectivity index (χ0n) is 9.20. The van der Waals surface area contributed by atoms with E-state index >= 15 is 0 Å². The van der Waals surface area contributed by atoms with Crippen LogP contribution in [0.2, 0.25) is 0 Å². The predicted molar refractivity (Wildman–Crippen MR) is 78.5 cm³/mol. The van der Waals surface area contributed by atoms with Gasteiger partial charge in [0.2, 0.25) is 0 Å². The summed E-state index contributed by atoms with van der Waals surface area (Å²) < 4.78 is 1.16. The molecule has 0 aromatic heterocycles. The van der Waals surface area contributed by atoms with Crippen LogP contribution in [-0.4, -0.2) is 6.21 Å². The Balaban J connectivity index is 5.25. The second kappa shape index (κ2) is 8.41. The maximum absolute atomic E-state index is 4.27. The SMILES string of the molecule is C=C/C=C(N=CC)/C(C=C)=C/C(I)=C\C. The molecule has 0 radical (unpaired) electrons. The average molecular weight is 313 g/mol. The highest BCUT2D eigenvalue weighted by molar-refractivity contribution is 14.1. The summed E-state index contributed by atoms with van der Waals surface area (Å²) in [6, 6.07) is 0. The van der Waals surface area contributed by atoms with Gasteiger partial charge >= 0.3 is 0 Å². The van der Waals surface area contributed by atoms with Crippen molar-refractivity contribution in [3.8, 4) is 0 Å². The number of rotatable bonds is 5. The van der Waals surface area contributed by atoms with Gasteiger partial charge in [-0.15, -0.1) is 0 Å². The van der Waals surface area contributed by atoms with Crippen molar-refractivity contribution in [1.82, 2.24) is 0 Å². The largest absolute Gasteiger partial charge is 0.261 e. The summed E-state index contributed by atoms with van der Waals surface area (Å²) in [6.07, 6.45) is 11.2. The van der Waals surface area contributed by atoms with Crippen LogP contribution in [0.25, 0.3) is 0 Å². The maximum Gasteiger partial charge on any atom is 0.0697 e. The van der Waals surface area contributed by atoms with Crippen molar-refractivity contribution in [3.05, 3.63) is 58.4 Å². The first kappa shape index (κ1) is 14.1. The van der Waals surface area contributed by atoms with Crippen molar-refractivity contribution in [2.75, 3.05) is 0 Å². The van der Waals surface area contributed by atoms with E-state index in [1.54, 1.807) is 18.4 Å². The molecule has 0 fully saturated rings. The van der Waals surface area contributed by atoms with Gasteiger partial charge in [0.1, 0.15) is 0 Å². The molecule has 0 spiro atoms. The van der Waals surface area contributed by atoms with Gasteiger partial charge in [-0.25, -0.2) is 0 Å². The topological polar surface area (TPSA) is 12.4 Å². The van der Waals surface area contributed by atoms with Crippen LogP contribution in [0, 0.1) is 0 Å². The van der Waals surface area contributed by atoms with Crippen molar-refractivity contribution in [1.29, 1.82) is 0 Å². The lowest BCUT2D eigenvalue weighted by Gasteiger charge is -2.01. The average Bonchev–Trinajstić information content (AvgIpc) is 2.25. The number of halogens is 1. The Labute approximate surface area is 106 Å². The van der Waals surface area contributed by atoms with Crippen molar-refractivity contribution in [2.24, 2.45) is 4.99 Å². The molecule has 0 saturated heterocycles. The van der Waals surface area contributed by atoms with Crippen LogP contribution in [-0.2, 0) is 0 Å². The number of allylic oxidation sites excluding steroid dienone is 6. The highest BCUT2D eigenvalue weighted by Gasteiger charge is 1.98. The summed E-state index contributed by atoms with van der Waals surface area (Å²) in [5.74, 6) is 0. The first-order valence-corrected chi connectivity index (χ1v) is 5.75. The summed E-state index contributed by atoms with van der Waals surface area (Å²) >= 11 is 2.27. The molecule has 0 amide bonds. The van der Waals surface area contributed by atoms with Gasteiger partial charge in [0.05, 0.1) is 5.70 Å². The fraction of sp³-hybridized carbons (Fsp3) is 0.154. The Bertz CT molecular complexity index is 344. The van der Waals surface area contributed by atoms with Crippen LogP contribution in [0.3, 0.4) is 0 Å². The lowest BCUT2D eigenvalue weighted by Crippen LogP contribution is -1.84. The molecule has 0 rings (SSSR count). The van der Waals surface area contributed by atoms with Crippen molar-refractivity contribution >= 4 is 28.8 Å². The van der Waals surface area contributed by atoms with Gasteiger partial charge in [-0.1, -0.05) is 31.4 Å². The highest BCUT2D eigenvalue weighted by atomic mass is 127. The normalized spacial score (nSPS) is 14.5. The van der Waals surface area contributed by atoms with Crippen LogP contribution < -0.4 is 0 Å². The van der Waals surface area contributed by atoms with Crippen LogP contribution >= 0.6 is 22.6 Å². The summed E-state index contributed by atoms with van der Waals surface area (Å²) in [6.45, 7) is 11.3. The Kier molecular flexibility index (Phi) is 7.91. The highest BCUT2D eigenvalue weighted by Crippen LogP contribution is 2.18. The first-order valence-electron chi connectivity index (χ1n) is 4.67. The van der Waals surface area contributed by atoms with Gasteiger partial charge in [-0.05, 0) is 48.6 Å². The predicted octanol–water partition coefficient (Wildman–Crippen LogP) is 4.60. The molecule has 0 heterocycles. The van der Waals surface area contributed by atoms with Crippen molar-refractivity contribution in [3.63, 3.8) is 0 Å². The zero-order chi connectivity index (χ0) is 11.7. The van der Waals surface area contributed by atoms with Gasteiger partial charge in [-0.2, -0.15) is 0 Å². The minimum atomic E-state index is 0.874. The lowest BCUT2D eigenvalue weighted by molar-refractivity contribution is 1.35. The molecule has 0 aliphatic heterocycles. The number of hydrogen-bond donors (Lipinski definition) is 0. The van der Waals surface area contributed by atoms with Gasteiger partial charge in [0.15, 0.2) is 0 Å². The van der Waals surface area contributed by atoms with E-state index in [4.69, 9.17) is 0 Å². The third-order valence-electron chi connectivity index (χ3n) is 1.63. The van der Waals surface area contributed by atoms with Crippen LogP contribution in [0.15, 0.2) is 63.4 Å². The molecule has 0 aromatic carbocycles. The molecule has 0 aliphatic rings. The second-order valence-corrected chi connectivity index (χ2v) is 3.90. The van der Waals surface area contributed by atoms with Gasteiger partial charge in [0, 0.05) is 15.4 Å². The van der Waals surface area contributed by atoms with E-state index in [9.17, 15) is 0 Å². The van der Waals surface area contributed by atoms with Crippen molar-refractivity contribution < 1.29 is 0 Å². The van der Waals surface area contributed by atoms with E-state index in [1.165, 1.54) is 0 Å². The summed E-state index contributed by atoms with van der Waals surface area (Å²) in [4.78, 5) is 4.27. The van der Waals surface area contributed by atoms with Crippen LogP contribution in [0.5, 0.6) is 0 Å². The minimum Gasteiger partial charge on any atom is -0.261 e. The summed E-state index contributed by atoms with van der Waals surface area (Å²) in [5, 5.41) is 0. The maximum atomic E-state index is 4.27. The molecule has 80 valence electrons. The van der Waals surface area contributed by atoms with E-state index in [0.29, 0.717) is 0 Å². The molecule has 15 heavy (non-hydrogen) atoms. The molecule has 2 heteroatoms. The Morgan fingerprint density at radius 1 is 1.27 bits per heavy atom. The van der Waals surface area contributed by atoms with Crippen molar-refractivity contribution in [2.45, 2.75) is 13.8 Å². The van der Waals surface area contributed by atoms with E-state index in [2.05, 4.69) is 40.7 Å². The smallest absolute Gasteiger partial charge is 0.0697 e. The summed E-state index contributed by atoms with van der Waals surface area (Å²) in [7, 11) is 0. The monoisotopic (exact) mass is 313 g/mol. The number of aliphatic imine (C=N–C) groups is 1. The molecule has 0 unspecified atom stereocenters. The van der Waals surface area contributed by atoms with Crippen LogP contribution in [0.1, 0.15) is 13.8 Å². The second-order valence-electron chi connectivity index (χ2n) is 2.65. The first-order chi connectivity index (χ1) is 7.19. The summed E-state index contributed by atoms with van der Waals surface area (Å²) in [5.41, 5.74) is 1.87. The van der Waals surface area contributed by atoms with E-state index in [1.807, 2.05) is 32.1 Å².